The number of carbonyl (C=O) groups is 2. The summed E-state index contributed by atoms with van der Waals surface area (Å²) in [5.41, 5.74) is 1.74. The molecule has 2 rings (SSSR count). The molecule has 0 atom stereocenters. The Bertz CT molecular complexity index is 747. The van der Waals surface area contributed by atoms with Crippen LogP contribution >= 0.6 is 11.6 Å². The van der Waals surface area contributed by atoms with E-state index in [2.05, 4.69) is 10.6 Å². The van der Waals surface area contributed by atoms with Gasteiger partial charge in [-0.2, -0.15) is 0 Å². The summed E-state index contributed by atoms with van der Waals surface area (Å²) in [6.45, 7) is 1.64. The fourth-order valence-corrected chi connectivity index (χ4v) is 2.42. The summed E-state index contributed by atoms with van der Waals surface area (Å²) in [5, 5.41) is 6.26. The lowest BCUT2D eigenvalue weighted by Crippen LogP contribution is -2.31. The minimum Gasteiger partial charge on any atom is -0.351 e. The van der Waals surface area contributed by atoms with Gasteiger partial charge in [-0.15, -0.1) is 0 Å². The Kier molecular flexibility index (Phi) is 6.98. The summed E-state index contributed by atoms with van der Waals surface area (Å²) in [4.78, 5) is 26.4. The van der Waals surface area contributed by atoms with Crippen LogP contribution in [0.4, 0.5) is 0 Å². The first-order chi connectivity index (χ1) is 12.0. The zero-order valence-corrected chi connectivity index (χ0v) is 15.1. The molecule has 0 aromatic heterocycles. The molecule has 25 heavy (non-hydrogen) atoms. The molecule has 0 fully saturated rings. The van der Waals surface area contributed by atoms with Gasteiger partial charge < -0.3 is 15.5 Å². The summed E-state index contributed by atoms with van der Waals surface area (Å²) < 4.78 is 0. The van der Waals surface area contributed by atoms with Gasteiger partial charge in [-0.1, -0.05) is 35.9 Å². The smallest absolute Gasteiger partial charge is 0.251 e. The van der Waals surface area contributed by atoms with E-state index < -0.39 is 0 Å². The molecule has 2 aromatic carbocycles. The number of hydrogen-bond donors (Lipinski definition) is 2. The van der Waals surface area contributed by atoms with E-state index in [1.54, 1.807) is 30.3 Å². The lowest BCUT2D eigenvalue weighted by molar-refractivity contribution is 0.0950. The van der Waals surface area contributed by atoms with Gasteiger partial charge in [0, 0.05) is 35.8 Å². The number of nitrogens with one attached hydrogen (secondary N) is 2. The highest BCUT2D eigenvalue weighted by molar-refractivity contribution is 6.31. The van der Waals surface area contributed by atoms with Crippen LogP contribution in [0.5, 0.6) is 0 Å². The zero-order valence-electron chi connectivity index (χ0n) is 14.4. The fraction of sp³-hybridized carbons (Fsp3) is 0.263. The van der Waals surface area contributed by atoms with Crippen LogP contribution in [0.1, 0.15) is 26.3 Å². The minimum absolute atomic E-state index is 0.192. The number of benzene rings is 2. The highest BCUT2D eigenvalue weighted by Gasteiger charge is 2.11. The molecule has 2 N–H and O–H groups in total. The molecule has 2 amide bonds. The van der Waals surface area contributed by atoms with Crippen LogP contribution in [-0.4, -0.2) is 43.9 Å². The van der Waals surface area contributed by atoms with E-state index in [4.69, 9.17) is 11.6 Å². The topological polar surface area (TPSA) is 61.4 Å². The second kappa shape index (κ2) is 9.20. The van der Waals surface area contributed by atoms with Crippen molar-refractivity contribution < 1.29 is 9.59 Å². The van der Waals surface area contributed by atoms with Crippen molar-refractivity contribution >= 4 is 23.4 Å². The quantitative estimate of drug-likeness (QED) is 0.798. The molecule has 0 saturated heterocycles. The number of nitrogens with zero attached hydrogens (tertiary/aromatic N) is 1. The Morgan fingerprint density at radius 3 is 2.24 bits per heavy atom. The van der Waals surface area contributed by atoms with E-state index in [0.717, 1.165) is 12.1 Å². The van der Waals surface area contributed by atoms with Gasteiger partial charge in [0.25, 0.3) is 11.8 Å². The molecule has 0 bridgehead atoms. The van der Waals surface area contributed by atoms with E-state index in [-0.39, 0.29) is 11.8 Å². The highest BCUT2D eigenvalue weighted by Crippen LogP contribution is 2.14. The molecule has 0 spiro atoms. The fourth-order valence-electron chi connectivity index (χ4n) is 2.22. The number of likely N-dealkylation sites (N-methyl/N-ethyl adjacent to an activating group) is 1. The number of amides is 2. The Balaban J connectivity index is 1.96. The first-order valence-corrected chi connectivity index (χ1v) is 8.40. The number of rotatable bonds is 7. The molecular formula is C19H22ClN3O2. The van der Waals surface area contributed by atoms with Crippen LogP contribution in [0.2, 0.25) is 5.02 Å². The van der Waals surface area contributed by atoms with Crippen LogP contribution in [0.25, 0.3) is 0 Å². The maximum Gasteiger partial charge on any atom is 0.251 e. The summed E-state index contributed by atoms with van der Waals surface area (Å²) in [7, 11) is 3.88. The summed E-state index contributed by atoms with van der Waals surface area (Å²) in [6, 6.07) is 14.0. The van der Waals surface area contributed by atoms with Gasteiger partial charge in [0.1, 0.15) is 0 Å². The van der Waals surface area contributed by atoms with Gasteiger partial charge in [-0.25, -0.2) is 0 Å². The van der Waals surface area contributed by atoms with E-state index in [9.17, 15) is 9.59 Å². The van der Waals surface area contributed by atoms with Gasteiger partial charge >= 0.3 is 0 Å². The summed E-state index contributed by atoms with van der Waals surface area (Å²) >= 11 is 6.08. The molecule has 5 nitrogen and oxygen atoms in total. The number of hydrogen-bond acceptors (Lipinski definition) is 3. The lowest BCUT2D eigenvalue weighted by atomic mass is 10.1. The second-order valence-electron chi connectivity index (χ2n) is 5.91. The molecule has 6 heteroatoms. The van der Waals surface area contributed by atoms with Crippen molar-refractivity contribution in [2.45, 2.75) is 6.54 Å². The zero-order chi connectivity index (χ0) is 18.2. The van der Waals surface area contributed by atoms with Gasteiger partial charge in [0.05, 0.1) is 0 Å². The molecule has 0 aliphatic carbocycles. The van der Waals surface area contributed by atoms with Crippen LogP contribution in [0.15, 0.2) is 48.5 Å². The number of carbonyl (C=O) groups excluding carboxylic acids is 2. The molecule has 2 aromatic rings. The first-order valence-electron chi connectivity index (χ1n) is 8.02. The molecular weight excluding hydrogens is 338 g/mol. The predicted octanol–water partition coefficient (Wildman–Crippen LogP) is 2.56. The Morgan fingerprint density at radius 1 is 0.960 bits per heavy atom. The van der Waals surface area contributed by atoms with Gasteiger partial charge in [-0.05, 0) is 43.9 Å². The molecule has 0 saturated carbocycles. The van der Waals surface area contributed by atoms with Gasteiger partial charge in [0.15, 0.2) is 0 Å². The summed E-state index contributed by atoms with van der Waals surface area (Å²) in [5.74, 6) is -0.439. The van der Waals surface area contributed by atoms with Crippen molar-refractivity contribution in [3.05, 3.63) is 70.2 Å². The van der Waals surface area contributed by atoms with Crippen molar-refractivity contribution in [2.24, 2.45) is 0 Å². The number of halogens is 1. The third-order valence-corrected chi connectivity index (χ3v) is 4.00. The maximum atomic E-state index is 12.3. The van der Waals surface area contributed by atoms with E-state index >= 15 is 0 Å². The van der Waals surface area contributed by atoms with Crippen molar-refractivity contribution in [2.75, 3.05) is 27.2 Å². The van der Waals surface area contributed by atoms with E-state index in [0.29, 0.717) is 29.2 Å². The second-order valence-corrected chi connectivity index (χ2v) is 6.32. The third-order valence-electron chi connectivity index (χ3n) is 3.63. The van der Waals surface area contributed by atoms with Crippen LogP contribution in [0.3, 0.4) is 0 Å². The van der Waals surface area contributed by atoms with Crippen LogP contribution < -0.4 is 10.6 Å². The van der Waals surface area contributed by atoms with Crippen molar-refractivity contribution in [1.82, 2.24) is 15.5 Å². The predicted molar refractivity (Wildman–Crippen MR) is 100.0 cm³/mol. The van der Waals surface area contributed by atoms with Crippen LogP contribution in [0, 0.1) is 0 Å². The molecule has 132 valence electrons. The van der Waals surface area contributed by atoms with Crippen molar-refractivity contribution in [3.63, 3.8) is 0 Å². The molecule has 0 heterocycles. The lowest BCUT2D eigenvalue weighted by Gasteiger charge is -2.11. The van der Waals surface area contributed by atoms with Gasteiger partial charge in [-0.3, -0.25) is 9.59 Å². The van der Waals surface area contributed by atoms with Crippen molar-refractivity contribution in [3.8, 4) is 0 Å². The Hall–Kier alpha value is -2.37. The van der Waals surface area contributed by atoms with E-state index in [1.807, 2.05) is 37.2 Å². The largest absolute Gasteiger partial charge is 0.351 e. The third kappa shape index (κ3) is 5.89. The molecule has 0 aliphatic heterocycles. The molecule has 0 aliphatic rings. The standard InChI is InChI=1S/C19H22ClN3O2/c1-23(2)11-10-21-18(24)14-7-5-8-15(12-14)19(25)22-13-16-6-3-4-9-17(16)20/h3-9,12H,10-11,13H2,1-2H3,(H,21,24)(H,22,25). The molecule has 0 radical (unpaired) electrons. The first kappa shape index (κ1) is 19.0. The van der Waals surface area contributed by atoms with Crippen molar-refractivity contribution in [1.29, 1.82) is 0 Å². The molecule has 0 unspecified atom stereocenters. The minimum atomic E-state index is -0.247. The highest BCUT2D eigenvalue weighted by atomic mass is 35.5. The monoisotopic (exact) mass is 359 g/mol. The summed E-state index contributed by atoms with van der Waals surface area (Å²) in [6.07, 6.45) is 0. The maximum absolute atomic E-state index is 12.3. The van der Waals surface area contributed by atoms with Crippen LogP contribution in [-0.2, 0) is 6.54 Å². The van der Waals surface area contributed by atoms with E-state index in [1.165, 1.54) is 0 Å². The Morgan fingerprint density at radius 2 is 1.60 bits per heavy atom. The SMILES string of the molecule is CN(C)CCNC(=O)c1cccc(C(=O)NCc2ccccc2Cl)c1. The average molecular weight is 360 g/mol. The average Bonchev–Trinajstić information content (AvgIpc) is 2.60. The Labute approximate surface area is 153 Å². The van der Waals surface area contributed by atoms with Gasteiger partial charge in [0.2, 0.25) is 0 Å². The normalized spacial score (nSPS) is 10.6.